The van der Waals surface area contributed by atoms with E-state index in [9.17, 15) is 0 Å². The van der Waals surface area contributed by atoms with Crippen LogP contribution in [-0.4, -0.2) is 52.5 Å². The molecule has 0 aromatic rings. The molecule has 0 aliphatic carbocycles. The van der Waals surface area contributed by atoms with Gasteiger partial charge in [-0.2, -0.15) is 0 Å². The fourth-order valence-electron chi connectivity index (χ4n) is 1.97. The summed E-state index contributed by atoms with van der Waals surface area (Å²) in [4.78, 5) is 4.69. The lowest BCUT2D eigenvalue weighted by Gasteiger charge is -2.15. The molecule has 0 radical (unpaired) electrons. The van der Waals surface area contributed by atoms with Crippen LogP contribution in [0.3, 0.4) is 0 Å². The summed E-state index contributed by atoms with van der Waals surface area (Å²) in [7, 11) is 1.68. The van der Waals surface area contributed by atoms with Gasteiger partial charge in [-0.3, -0.25) is 4.99 Å². The van der Waals surface area contributed by atoms with Crippen molar-refractivity contribution in [3.8, 4) is 0 Å². The zero-order valence-corrected chi connectivity index (χ0v) is 17.2. The highest BCUT2D eigenvalue weighted by atomic mass is 127. The van der Waals surface area contributed by atoms with Crippen molar-refractivity contribution in [1.82, 2.24) is 10.6 Å². The predicted molar refractivity (Wildman–Crippen MR) is 105 cm³/mol. The van der Waals surface area contributed by atoms with Crippen LogP contribution in [0.15, 0.2) is 4.99 Å². The average molecular weight is 429 g/mol. The van der Waals surface area contributed by atoms with Gasteiger partial charge in [-0.05, 0) is 19.3 Å². The maximum atomic E-state index is 5.43. The molecule has 5 nitrogen and oxygen atoms in total. The molecule has 22 heavy (non-hydrogen) atoms. The summed E-state index contributed by atoms with van der Waals surface area (Å²) in [6.07, 6.45) is 5.03. The Kier molecular flexibility index (Phi) is 20.8. The van der Waals surface area contributed by atoms with E-state index in [4.69, 9.17) is 9.47 Å². The Morgan fingerprint density at radius 3 is 2.45 bits per heavy atom. The van der Waals surface area contributed by atoms with E-state index >= 15 is 0 Å². The molecule has 0 rings (SSSR count). The Hall–Kier alpha value is -0.0800. The first-order chi connectivity index (χ1) is 10.3. The molecule has 0 bridgehead atoms. The molecule has 0 aliphatic heterocycles. The smallest absolute Gasteiger partial charge is 0.191 e. The molecule has 0 heterocycles. The van der Waals surface area contributed by atoms with Crippen LogP contribution in [0, 0.1) is 5.92 Å². The number of rotatable bonds is 13. The van der Waals surface area contributed by atoms with Gasteiger partial charge >= 0.3 is 0 Å². The van der Waals surface area contributed by atoms with Gasteiger partial charge in [-0.15, -0.1) is 24.0 Å². The largest absolute Gasteiger partial charge is 0.382 e. The first kappa shape index (κ1) is 24.2. The van der Waals surface area contributed by atoms with Gasteiger partial charge in [0.15, 0.2) is 5.96 Å². The molecule has 0 fully saturated rings. The fourth-order valence-corrected chi connectivity index (χ4v) is 1.97. The molecular formula is C16H36IN3O2. The lowest BCUT2D eigenvalue weighted by Crippen LogP contribution is -2.39. The van der Waals surface area contributed by atoms with Gasteiger partial charge in [0.25, 0.3) is 0 Å². The summed E-state index contributed by atoms with van der Waals surface area (Å²) < 4.78 is 10.4. The second-order valence-corrected chi connectivity index (χ2v) is 5.17. The monoisotopic (exact) mass is 429 g/mol. The van der Waals surface area contributed by atoms with Crippen molar-refractivity contribution in [3.05, 3.63) is 0 Å². The van der Waals surface area contributed by atoms with Crippen molar-refractivity contribution in [1.29, 1.82) is 0 Å². The van der Waals surface area contributed by atoms with Gasteiger partial charge in [0, 0.05) is 26.7 Å². The third kappa shape index (κ3) is 14.8. The van der Waals surface area contributed by atoms with Crippen molar-refractivity contribution < 1.29 is 9.47 Å². The minimum atomic E-state index is 0. The Morgan fingerprint density at radius 1 is 1.09 bits per heavy atom. The van der Waals surface area contributed by atoms with Gasteiger partial charge in [0.1, 0.15) is 0 Å². The minimum absolute atomic E-state index is 0. The number of nitrogens with one attached hydrogen (secondary N) is 2. The van der Waals surface area contributed by atoms with Crippen LogP contribution in [-0.2, 0) is 9.47 Å². The number of hydrogen-bond acceptors (Lipinski definition) is 3. The first-order valence-electron chi connectivity index (χ1n) is 8.37. The van der Waals surface area contributed by atoms with Crippen LogP contribution >= 0.6 is 24.0 Å². The van der Waals surface area contributed by atoms with Crippen LogP contribution in [0.25, 0.3) is 0 Å². The van der Waals surface area contributed by atoms with Crippen molar-refractivity contribution in [2.45, 2.75) is 46.5 Å². The normalized spacial score (nSPS) is 12.6. The summed E-state index contributed by atoms with van der Waals surface area (Å²) in [6, 6.07) is 0. The van der Waals surface area contributed by atoms with E-state index in [1.807, 2.05) is 0 Å². The van der Waals surface area contributed by atoms with Crippen LogP contribution in [0.5, 0.6) is 0 Å². The topological polar surface area (TPSA) is 54.9 Å². The number of nitrogens with zero attached hydrogens (tertiary/aromatic N) is 1. The number of hydrogen-bond donors (Lipinski definition) is 2. The highest BCUT2D eigenvalue weighted by Crippen LogP contribution is 2.12. The SMILES string of the molecule is CCCCC(CC)CN=C(NCC)NCCOCCOC.I. The molecule has 6 heteroatoms. The zero-order valence-electron chi connectivity index (χ0n) is 14.8. The zero-order chi connectivity index (χ0) is 15.8. The summed E-state index contributed by atoms with van der Waals surface area (Å²) in [5, 5.41) is 6.59. The Morgan fingerprint density at radius 2 is 1.86 bits per heavy atom. The van der Waals surface area contributed by atoms with Crippen molar-refractivity contribution in [2.75, 3.05) is 46.6 Å². The van der Waals surface area contributed by atoms with Crippen LogP contribution in [0.2, 0.25) is 0 Å². The highest BCUT2D eigenvalue weighted by molar-refractivity contribution is 14.0. The second-order valence-electron chi connectivity index (χ2n) is 5.17. The maximum absolute atomic E-state index is 5.43. The predicted octanol–water partition coefficient (Wildman–Crippen LogP) is 3.04. The molecule has 134 valence electrons. The number of halogens is 1. The van der Waals surface area contributed by atoms with E-state index in [2.05, 4.69) is 36.4 Å². The van der Waals surface area contributed by atoms with Gasteiger partial charge in [0.2, 0.25) is 0 Å². The molecule has 0 saturated heterocycles. The second kappa shape index (κ2) is 19.0. The van der Waals surface area contributed by atoms with Crippen LogP contribution in [0.4, 0.5) is 0 Å². The fraction of sp³-hybridized carbons (Fsp3) is 0.938. The average Bonchev–Trinajstić information content (AvgIpc) is 2.50. The maximum Gasteiger partial charge on any atom is 0.191 e. The van der Waals surface area contributed by atoms with Gasteiger partial charge in [0.05, 0.1) is 19.8 Å². The molecule has 1 atom stereocenters. The summed E-state index contributed by atoms with van der Waals surface area (Å²) in [6.45, 7) is 11.1. The Balaban J connectivity index is 0. The summed E-state index contributed by atoms with van der Waals surface area (Å²) in [5.74, 6) is 1.58. The molecule has 2 N–H and O–H groups in total. The number of aliphatic imine (C=N–C) groups is 1. The van der Waals surface area contributed by atoms with Gasteiger partial charge < -0.3 is 20.1 Å². The molecule has 0 aromatic carbocycles. The van der Waals surface area contributed by atoms with E-state index in [1.54, 1.807) is 7.11 Å². The standard InChI is InChI=1S/C16H35N3O2.HI/c1-5-8-9-15(6-2)14-19-16(17-7-3)18-10-11-21-13-12-20-4;/h15H,5-14H2,1-4H3,(H2,17,18,19);1H. The van der Waals surface area contributed by atoms with Crippen LogP contribution < -0.4 is 10.6 Å². The van der Waals surface area contributed by atoms with Gasteiger partial charge in [-0.25, -0.2) is 0 Å². The number of ether oxygens (including phenoxy) is 2. The third-order valence-electron chi connectivity index (χ3n) is 3.37. The molecule has 0 aromatic heterocycles. The lowest BCUT2D eigenvalue weighted by molar-refractivity contribution is 0.0733. The summed E-state index contributed by atoms with van der Waals surface area (Å²) >= 11 is 0. The Labute approximate surface area is 154 Å². The Bertz CT molecular complexity index is 254. The van der Waals surface area contributed by atoms with Crippen molar-refractivity contribution in [3.63, 3.8) is 0 Å². The third-order valence-corrected chi connectivity index (χ3v) is 3.37. The number of guanidine groups is 1. The number of methoxy groups -OCH3 is 1. The van der Waals surface area contributed by atoms with Crippen LogP contribution in [0.1, 0.15) is 46.5 Å². The quantitative estimate of drug-likeness (QED) is 0.205. The van der Waals surface area contributed by atoms with Crippen molar-refractivity contribution in [2.24, 2.45) is 10.9 Å². The van der Waals surface area contributed by atoms with E-state index in [0.717, 1.165) is 25.6 Å². The van der Waals surface area contributed by atoms with E-state index in [0.29, 0.717) is 25.7 Å². The van der Waals surface area contributed by atoms with E-state index in [-0.39, 0.29) is 24.0 Å². The van der Waals surface area contributed by atoms with E-state index in [1.165, 1.54) is 25.7 Å². The van der Waals surface area contributed by atoms with E-state index < -0.39 is 0 Å². The summed E-state index contributed by atoms with van der Waals surface area (Å²) in [5.41, 5.74) is 0. The molecule has 1 unspecified atom stereocenters. The first-order valence-corrected chi connectivity index (χ1v) is 8.37. The molecule has 0 saturated carbocycles. The molecule has 0 amide bonds. The number of unbranched alkanes of at least 4 members (excludes halogenated alkanes) is 1. The highest BCUT2D eigenvalue weighted by Gasteiger charge is 2.05. The molecular weight excluding hydrogens is 393 g/mol. The molecule has 0 spiro atoms. The molecule has 0 aliphatic rings. The van der Waals surface area contributed by atoms with Gasteiger partial charge in [-0.1, -0.05) is 33.1 Å². The lowest BCUT2D eigenvalue weighted by atomic mass is 10.00. The van der Waals surface area contributed by atoms with Crippen molar-refractivity contribution >= 4 is 29.9 Å². The minimum Gasteiger partial charge on any atom is -0.382 e.